The molecule has 0 amide bonds. The van der Waals surface area contributed by atoms with Gasteiger partial charge in [0.15, 0.2) is 6.61 Å². The van der Waals surface area contributed by atoms with E-state index < -0.39 is 11.6 Å². The Labute approximate surface area is 150 Å². The second kappa shape index (κ2) is 6.71. The lowest BCUT2D eigenvalue weighted by Gasteiger charge is -2.20. The number of hydrogen-bond acceptors (Lipinski definition) is 5. The van der Waals surface area contributed by atoms with Gasteiger partial charge in [0, 0.05) is 17.0 Å². The van der Waals surface area contributed by atoms with E-state index in [0.29, 0.717) is 16.4 Å². The van der Waals surface area contributed by atoms with E-state index in [1.54, 1.807) is 32.9 Å². The highest BCUT2D eigenvalue weighted by molar-refractivity contribution is 6.32. The molecule has 1 aliphatic carbocycles. The predicted octanol–water partition coefficient (Wildman–Crippen LogP) is 4.05. The second-order valence-electron chi connectivity index (χ2n) is 7.21. The molecule has 0 atom stereocenters. The van der Waals surface area contributed by atoms with Crippen molar-refractivity contribution in [3.63, 3.8) is 0 Å². The standard InChI is InChI=1S/C19H21ClO5/c1-19(2,3)25-17(21)10-23-16-9-15-13(8-14(16)20)11-6-4-5-7-12(11)18(22)24-15/h8-9H,4-7,10H2,1-3H3. The summed E-state index contributed by atoms with van der Waals surface area (Å²) < 4.78 is 16.1. The summed E-state index contributed by atoms with van der Waals surface area (Å²) in [5.74, 6) is -0.200. The molecule has 0 fully saturated rings. The van der Waals surface area contributed by atoms with Crippen molar-refractivity contribution >= 4 is 28.5 Å². The van der Waals surface area contributed by atoms with Gasteiger partial charge in [-0.2, -0.15) is 0 Å². The first-order valence-electron chi connectivity index (χ1n) is 8.37. The van der Waals surface area contributed by atoms with Crippen molar-refractivity contribution in [3.05, 3.63) is 38.7 Å². The number of rotatable bonds is 3. The highest BCUT2D eigenvalue weighted by Crippen LogP contribution is 2.34. The molecular weight excluding hydrogens is 344 g/mol. The van der Waals surface area contributed by atoms with Crippen LogP contribution >= 0.6 is 11.6 Å². The fourth-order valence-corrected chi connectivity index (χ4v) is 3.28. The molecule has 0 bridgehead atoms. The van der Waals surface area contributed by atoms with Crippen molar-refractivity contribution in [2.75, 3.05) is 6.61 Å². The average Bonchev–Trinajstić information content (AvgIpc) is 2.52. The number of halogens is 1. The lowest BCUT2D eigenvalue weighted by atomic mass is 9.91. The first-order valence-corrected chi connectivity index (χ1v) is 8.75. The Balaban J connectivity index is 1.89. The molecule has 1 heterocycles. The van der Waals surface area contributed by atoms with E-state index in [9.17, 15) is 9.59 Å². The van der Waals surface area contributed by atoms with Crippen LogP contribution in [0.3, 0.4) is 0 Å². The van der Waals surface area contributed by atoms with Gasteiger partial charge in [0.25, 0.3) is 0 Å². The molecule has 3 rings (SSSR count). The third-order valence-electron chi connectivity index (χ3n) is 4.04. The van der Waals surface area contributed by atoms with Crippen molar-refractivity contribution in [2.24, 2.45) is 0 Å². The number of ether oxygens (including phenoxy) is 2. The Morgan fingerprint density at radius 1 is 1.20 bits per heavy atom. The summed E-state index contributed by atoms with van der Waals surface area (Å²) in [6, 6.07) is 3.31. The first-order chi connectivity index (χ1) is 11.7. The third kappa shape index (κ3) is 3.98. The second-order valence-corrected chi connectivity index (χ2v) is 7.61. The van der Waals surface area contributed by atoms with E-state index in [1.165, 1.54) is 0 Å². The van der Waals surface area contributed by atoms with Crippen molar-refractivity contribution in [1.82, 2.24) is 0 Å². The summed E-state index contributed by atoms with van der Waals surface area (Å²) in [4.78, 5) is 24.0. The average molecular weight is 365 g/mol. The van der Waals surface area contributed by atoms with E-state index in [-0.39, 0.29) is 12.2 Å². The van der Waals surface area contributed by atoms with Gasteiger partial charge in [0.2, 0.25) is 0 Å². The van der Waals surface area contributed by atoms with Crippen LogP contribution in [0.15, 0.2) is 21.3 Å². The highest BCUT2D eigenvalue weighted by atomic mass is 35.5. The van der Waals surface area contributed by atoms with Gasteiger partial charge in [0.1, 0.15) is 16.9 Å². The van der Waals surface area contributed by atoms with Crippen LogP contribution in [0.25, 0.3) is 11.0 Å². The first kappa shape index (κ1) is 17.8. The topological polar surface area (TPSA) is 65.7 Å². The Bertz CT molecular complexity index is 876. The summed E-state index contributed by atoms with van der Waals surface area (Å²) in [5.41, 5.74) is 1.30. The van der Waals surface area contributed by atoms with Crippen LogP contribution in [0.1, 0.15) is 44.7 Å². The molecule has 25 heavy (non-hydrogen) atoms. The largest absolute Gasteiger partial charge is 0.480 e. The van der Waals surface area contributed by atoms with Crippen LogP contribution < -0.4 is 10.4 Å². The molecule has 0 radical (unpaired) electrons. The fourth-order valence-electron chi connectivity index (χ4n) is 3.06. The number of carbonyl (C=O) groups is 1. The fraction of sp³-hybridized carbons (Fsp3) is 0.474. The molecule has 5 nitrogen and oxygen atoms in total. The van der Waals surface area contributed by atoms with Gasteiger partial charge in [-0.3, -0.25) is 0 Å². The maximum Gasteiger partial charge on any atom is 0.344 e. The smallest absolute Gasteiger partial charge is 0.344 e. The molecule has 1 aliphatic rings. The lowest BCUT2D eigenvalue weighted by Crippen LogP contribution is -2.27. The van der Waals surface area contributed by atoms with E-state index in [1.807, 2.05) is 0 Å². The Hall–Kier alpha value is -2.01. The molecule has 134 valence electrons. The number of benzene rings is 1. The van der Waals surface area contributed by atoms with Crippen LogP contribution in [0.4, 0.5) is 0 Å². The molecule has 6 heteroatoms. The van der Waals surface area contributed by atoms with Crippen molar-refractivity contribution in [2.45, 2.75) is 52.1 Å². The molecule has 0 aliphatic heterocycles. The van der Waals surface area contributed by atoms with Crippen LogP contribution in [0, 0.1) is 0 Å². The van der Waals surface area contributed by atoms with E-state index in [4.69, 9.17) is 25.5 Å². The quantitative estimate of drug-likeness (QED) is 0.607. The van der Waals surface area contributed by atoms with E-state index >= 15 is 0 Å². The van der Waals surface area contributed by atoms with Gasteiger partial charge in [-0.25, -0.2) is 9.59 Å². The number of carbonyl (C=O) groups excluding carboxylic acids is 1. The summed E-state index contributed by atoms with van der Waals surface area (Å²) >= 11 is 6.31. The zero-order valence-corrected chi connectivity index (χ0v) is 15.4. The van der Waals surface area contributed by atoms with Crippen molar-refractivity contribution < 1.29 is 18.7 Å². The monoisotopic (exact) mass is 364 g/mol. The van der Waals surface area contributed by atoms with Crippen LogP contribution in [-0.2, 0) is 22.4 Å². The highest BCUT2D eigenvalue weighted by Gasteiger charge is 2.21. The Morgan fingerprint density at radius 2 is 1.88 bits per heavy atom. The zero-order valence-electron chi connectivity index (χ0n) is 14.6. The van der Waals surface area contributed by atoms with Gasteiger partial charge in [-0.15, -0.1) is 0 Å². The molecule has 0 saturated heterocycles. The van der Waals surface area contributed by atoms with Crippen LogP contribution in [0.5, 0.6) is 5.75 Å². The van der Waals surface area contributed by atoms with Crippen molar-refractivity contribution in [1.29, 1.82) is 0 Å². The maximum absolute atomic E-state index is 12.2. The Kier molecular flexibility index (Phi) is 4.78. The van der Waals surface area contributed by atoms with Gasteiger partial charge in [-0.05, 0) is 58.1 Å². The molecule has 1 aromatic heterocycles. The van der Waals surface area contributed by atoms with Crippen LogP contribution in [0.2, 0.25) is 5.02 Å². The van der Waals surface area contributed by atoms with Gasteiger partial charge in [0.05, 0.1) is 5.02 Å². The van der Waals surface area contributed by atoms with Crippen LogP contribution in [-0.4, -0.2) is 18.2 Å². The molecule has 0 spiro atoms. The minimum atomic E-state index is -0.584. The van der Waals surface area contributed by atoms with E-state index in [2.05, 4.69) is 0 Å². The normalized spacial score (nSPS) is 14.2. The van der Waals surface area contributed by atoms with Crippen molar-refractivity contribution in [3.8, 4) is 5.75 Å². The molecule has 0 unspecified atom stereocenters. The van der Waals surface area contributed by atoms with E-state index in [0.717, 1.165) is 42.2 Å². The molecular formula is C19H21ClO5. The number of aryl methyl sites for hydroxylation is 1. The minimum absolute atomic E-state index is 0.266. The lowest BCUT2D eigenvalue weighted by molar-refractivity contribution is -0.157. The molecule has 2 aromatic rings. The van der Waals surface area contributed by atoms with Gasteiger partial charge < -0.3 is 13.9 Å². The van der Waals surface area contributed by atoms with Gasteiger partial charge >= 0.3 is 11.6 Å². The maximum atomic E-state index is 12.2. The minimum Gasteiger partial charge on any atom is -0.480 e. The summed E-state index contributed by atoms with van der Waals surface area (Å²) in [5, 5.41) is 1.21. The zero-order chi connectivity index (χ0) is 18.2. The number of hydrogen-bond donors (Lipinski definition) is 0. The van der Waals surface area contributed by atoms with Gasteiger partial charge in [-0.1, -0.05) is 11.6 Å². The summed E-state index contributed by atoms with van der Waals surface area (Å²) in [7, 11) is 0. The Morgan fingerprint density at radius 3 is 2.56 bits per heavy atom. The molecule has 0 saturated carbocycles. The number of esters is 1. The SMILES string of the molecule is CC(C)(C)OC(=O)COc1cc2oc(=O)c3c(c2cc1Cl)CCCC3. The number of fused-ring (bicyclic) bond motifs is 3. The summed E-state index contributed by atoms with van der Waals surface area (Å²) in [6.07, 6.45) is 3.61. The molecule has 1 aromatic carbocycles. The predicted molar refractivity (Wildman–Crippen MR) is 95.5 cm³/mol. The molecule has 0 N–H and O–H groups in total. The third-order valence-corrected chi connectivity index (χ3v) is 4.34. The summed E-state index contributed by atoms with van der Waals surface area (Å²) in [6.45, 7) is 5.08.